The molecular formula is C5H8ClNO. The second kappa shape index (κ2) is 3.61. The summed E-state index contributed by atoms with van der Waals surface area (Å²) in [5.74, 6) is -0.0601. The molecule has 0 amide bonds. The maximum Gasteiger partial charge on any atom is 0.153 e. The molecule has 1 N–H and O–H groups in total. The fraction of sp³-hybridized carbons (Fsp3) is 0.600. The highest BCUT2D eigenvalue weighted by atomic mass is 35.5. The fourth-order valence-electron chi connectivity index (χ4n) is 0.343. The minimum atomic E-state index is -0.0841. The van der Waals surface area contributed by atoms with Crippen LogP contribution in [0.2, 0.25) is 0 Å². The SMILES string of the molecule is CC(=N)CC(=O)CCl. The highest BCUT2D eigenvalue weighted by Gasteiger charge is 1.98. The lowest BCUT2D eigenvalue weighted by atomic mass is 10.2. The van der Waals surface area contributed by atoms with E-state index in [1.165, 1.54) is 0 Å². The lowest BCUT2D eigenvalue weighted by Gasteiger charge is -1.89. The van der Waals surface area contributed by atoms with Gasteiger partial charge in [0, 0.05) is 12.1 Å². The zero-order valence-corrected chi connectivity index (χ0v) is 5.46. The van der Waals surface area contributed by atoms with Gasteiger partial charge in [0.05, 0.1) is 5.88 Å². The van der Waals surface area contributed by atoms with E-state index >= 15 is 0 Å². The van der Waals surface area contributed by atoms with Gasteiger partial charge in [-0.05, 0) is 6.92 Å². The molecule has 2 nitrogen and oxygen atoms in total. The molecule has 8 heavy (non-hydrogen) atoms. The van der Waals surface area contributed by atoms with E-state index in [1.54, 1.807) is 6.92 Å². The Morgan fingerprint density at radius 1 is 1.75 bits per heavy atom. The first-order valence-corrected chi connectivity index (χ1v) is 2.82. The predicted molar refractivity (Wildman–Crippen MR) is 33.7 cm³/mol. The molecule has 0 saturated heterocycles. The molecule has 0 aromatic rings. The number of nitrogens with one attached hydrogen (secondary N) is 1. The minimum Gasteiger partial charge on any atom is -0.310 e. The number of halogens is 1. The number of Topliss-reactive ketones (excluding diaryl/α,β-unsaturated/α-hetero) is 1. The van der Waals surface area contributed by atoms with Crippen molar-refractivity contribution >= 4 is 23.1 Å². The molecule has 0 aliphatic heterocycles. The Balaban J connectivity index is 3.40. The van der Waals surface area contributed by atoms with Crippen LogP contribution in [0.15, 0.2) is 0 Å². The van der Waals surface area contributed by atoms with Crippen molar-refractivity contribution in [1.82, 2.24) is 0 Å². The zero-order chi connectivity index (χ0) is 6.57. The minimum absolute atomic E-state index is 0.0240. The lowest BCUT2D eigenvalue weighted by Crippen LogP contribution is -2.03. The molecule has 46 valence electrons. The Bertz CT molecular complexity index is 111. The molecule has 0 aliphatic carbocycles. The van der Waals surface area contributed by atoms with Crippen molar-refractivity contribution in [1.29, 1.82) is 5.41 Å². The predicted octanol–water partition coefficient (Wildman–Crippen LogP) is 1.22. The molecule has 0 aromatic heterocycles. The topological polar surface area (TPSA) is 40.9 Å². The van der Waals surface area contributed by atoms with E-state index in [2.05, 4.69) is 0 Å². The summed E-state index contributed by atoms with van der Waals surface area (Å²) in [4.78, 5) is 10.3. The Morgan fingerprint density at radius 2 is 2.25 bits per heavy atom. The number of alkyl halides is 1. The van der Waals surface area contributed by atoms with Gasteiger partial charge in [0.15, 0.2) is 5.78 Å². The van der Waals surface area contributed by atoms with Gasteiger partial charge in [-0.3, -0.25) is 4.79 Å². The van der Waals surface area contributed by atoms with Gasteiger partial charge in [-0.1, -0.05) is 0 Å². The van der Waals surface area contributed by atoms with Crippen molar-refractivity contribution in [2.45, 2.75) is 13.3 Å². The number of carbonyl (C=O) groups excluding carboxylic acids is 1. The highest BCUT2D eigenvalue weighted by molar-refractivity contribution is 6.29. The Kier molecular flexibility index (Phi) is 3.44. The number of rotatable bonds is 3. The molecule has 0 bridgehead atoms. The average Bonchev–Trinajstić information content (AvgIpc) is 1.65. The van der Waals surface area contributed by atoms with Gasteiger partial charge in [-0.25, -0.2) is 0 Å². The zero-order valence-electron chi connectivity index (χ0n) is 4.70. The van der Waals surface area contributed by atoms with Crippen LogP contribution in [0.4, 0.5) is 0 Å². The van der Waals surface area contributed by atoms with Gasteiger partial charge in [-0.2, -0.15) is 0 Å². The third-order valence-electron chi connectivity index (χ3n) is 0.611. The van der Waals surface area contributed by atoms with Crippen LogP contribution >= 0.6 is 11.6 Å². The van der Waals surface area contributed by atoms with E-state index in [4.69, 9.17) is 17.0 Å². The van der Waals surface area contributed by atoms with Crippen molar-refractivity contribution in [3.63, 3.8) is 0 Å². The van der Waals surface area contributed by atoms with Crippen LogP contribution in [0, 0.1) is 5.41 Å². The summed E-state index contributed by atoms with van der Waals surface area (Å²) in [6.07, 6.45) is 0.198. The molecule has 0 fully saturated rings. The molecule has 3 heteroatoms. The van der Waals surface area contributed by atoms with Crippen LogP contribution in [0.25, 0.3) is 0 Å². The summed E-state index contributed by atoms with van der Waals surface area (Å²) >= 11 is 5.15. The quantitative estimate of drug-likeness (QED) is 0.457. The van der Waals surface area contributed by atoms with E-state index in [1.807, 2.05) is 0 Å². The van der Waals surface area contributed by atoms with E-state index < -0.39 is 0 Å². The van der Waals surface area contributed by atoms with Crippen molar-refractivity contribution in [2.24, 2.45) is 0 Å². The average molecular weight is 134 g/mol. The largest absolute Gasteiger partial charge is 0.310 e. The molecule has 0 radical (unpaired) electrons. The number of hydrogen-bond donors (Lipinski definition) is 1. The Labute approximate surface area is 53.3 Å². The standard InChI is InChI=1S/C5H8ClNO/c1-4(7)2-5(8)3-6/h7H,2-3H2,1H3. The van der Waals surface area contributed by atoms with E-state index in [0.29, 0.717) is 5.71 Å². The third-order valence-corrected chi connectivity index (χ3v) is 0.909. The highest BCUT2D eigenvalue weighted by Crippen LogP contribution is 1.87. The third kappa shape index (κ3) is 3.81. The molecule has 0 heterocycles. The summed E-state index contributed by atoms with van der Waals surface area (Å²) in [6, 6.07) is 0. The van der Waals surface area contributed by atoms with Crippen LogP contribution in [0.5, 0.6) is 0 Å². The van der Waals surface area contributed by atoms with Crippen LogP contribution in [0.3, 0.4) is 0 Å². The molecule has 0 aromatic carbocycles. The Hall–Kier alpha value is -0.370. The maximum absolute atomic E-state index is 10.3. The van der Waals surface area contributed by atoms with Crippen molar-refractivity contribution in [3.8, 4) is 0 Å². The second-order valence-corrected chi connectivity index (χ2v) is 1.90. The lowest BCUT2D eigenvalue weighted by molar-refractivity contribution is -0.115. The van der Waals surface area contributed by atoms with E-state index in [9.17, 15) is 4.79 Å². The smallest absolute Gasteiger partial charge is 0.153 e. The summed E-state index contributed by atoms with van der Waals surface area (Å²) in [6.45, 7) is 1.59. The van der Waals surface area contributed by atoms with Gasteiger partial charge in [0.1, 0.15) is 0 Å². The molecule has 0 atom stereocenters. The summed E-state index contributed by atoms with van der Waals surface area (Å²) in [7, 11) is 0. The molecule has 0 unspecified atom stereocenters. The first-order chi connectivity index (χ1) is 3.66. The molecule has 0 spiro atoms. The summed E-state index contributed by atoms with van der Waals surface area (Å²) in [5.41, 5.74) is 0.371. The van der Waals surface area contributed by atoms with Crippen LogP contribution in [-0.2, 0) is 4.79 Å². The monoisotopic (exact) mass is 133 g/mol. The van der Waals surface area contributed by atoms with Crippen LogP contribution < -0.4 is 0 Å². The summed E-state index contributed by atoms with van der Waals surface area (Å²) < 4.78 is 0. The van der Waals surface area contributed by atoms with Crippen LogP contribution in [-0.4, -0.2) is 17.4 Å². The van der Waals surface area contributed by atoms with Crippen molar-refractivity contribution < 1.29 is 4.79 Å². The van der Waals surface area contributed by atoms with Gasteiger partial charge >= 0.3 is 0 Å². The summed E-state index contributed by atoms with van der Waals surface area (Å²) in [5, 5.41) is 6.85. The van der Waals surface area contributed by atoms with Gasteiger partial charge < -0.3 is 5.41 Å². The van der Waals surface area contributed by atoms with Gasteiger partial charge in [0.2, 0.25) is 0 Å². The van der Waals surface area contributed by atoms with E-state index in [-0.39, 0.29) is 18.1 Å². The van der Waals surface area contributed by atoms with Crippen molar-refractivity contribution in [2.75, 3.05) is 5.88 Å². The van der Waals surface area contributed by atoms with E-state index in [0.717, 1.165) is 0 Å². The van der Waals surface area contributed by atoms with Gasteiger partial charge in [0.25, 0.3) is 0 Å². The van der Waals surface area contributed by atoms with Crippen molar-refractivity contribution in [3.05, 3.63) is 0 Å². The first-order valence-electron chi connectivity index (χ1n) is 2.28. The van der Waals surface area contributed by atoms with Crippen LogP contribution in [0.1, 0.15) is 13.3 Å². The number of hydrogen-bond acceptors (Lipinski definition) is 2. The molecule has 0 rings (SSSR count). The second-order valence-electron chi connectivity index (χ2n) is 1.63. The number of carbonyl (C=O) groups is 1. The molecule has 0 aliphatic rings. The molecular weight excluding hydrogens is 126 g/mol. The molecule has 0 saturated carbocycles. The normalized spacial score (nSPS) is 8.75. The number of ketones is 1. The fourth-order valence-corrected chi connectivity index (χ4v) is 0.437. The van der Waals surface area contributed by atoms with Gasteiger partial charge in [-0.15, -0.1) is 11.6 Å². The maximum atomic E-state index is 10.3. The Morgan fingerprint density at radius 3 is 2.38 bits per heavy atom. The first kappa shape index (κ1) is 7.63.